The van der Waals surface area contributed by atoms with Crippen LogP contribution < -0.4 is 41.0 Å². The van der Waals surface area contributed by atoms with Crippen LogP contribution in [0.2, 0.25) is 0 Å². The van der Waals surface area contributed by atoms with E-state index in [9.17, 15) is 0 Å². The van der Waals surface area contributed by atoms with Gasteiger partial charge in [0.2, 0.25) is 23.8 Å². The van der Waals surface area contributed by atoms with E-state index in [1.165, 1.54) is 6.42 Å². The molecule has 3 aliphatic rings. The first-order valence-corrected chi connectivity index (χ1v) is 21.3. The minimum Gasteiger partial charge on any atom is -0.497 e. The van der Waals surface area contributed by atoms with Gasteiger partial charge < -0.3 is 41.0 Å². The van der Waals surface area contributed by atoms with Gasteiger partial charge in [0.25, 0.3) is 0 Å². The topological polar surface area (TPSA) is 173 Å². The van der Waals surface area contributed by atoms with Gasteiger partial charge in [0.15, 0.2) is 11.3 Å². The average molecular weight is 817 g/mol. The molecule has 7 heterocycles. The Bertz CT molecular complexity index is 2400. The highest BCUT2D eigenvalue weighted by atomic mass is 16.5. The Morgan fingerprint density at radius 1 is 0.683 bits per heavy atom. The zero-order valence-electron chi connectivity index (χ0n) is 36.1. The highest BCUT2D eigenvalue weighted by Gasteiger charge is 2.37. The van der Waals surface area contributed by atoms with Crippen LogP contribution in [-0.4, -0.2) is 98.2 Å². The van der Waals surface area contributed by atoms with E-state index in [0.717, 1.165) is 90.1 Å². The molecule has 3 unspecified atom stereocenters. The quantitative estimate of drug-likeness (QED) is 0.110. The summed E-state index contributed by atoms with van der Waals surface area (Å²) in [5.74, 6) is 5.89. The number of benzene rings is 2. The van der Waals surface area contributed by atoms with E-state index in [1.807, 2.05) is 53.3 Å². The number of rotatable bonds is 12. The number of ether oxygens (including phenoxy) is 2. The van der Waals surface area contributed by atoms with Gasteiger partial charge in [-0.25, -0.2) is 0 Å². The van der Waals surface area contributed by atoms with Crippen LogP contribution in [0.4, 0.5) is 23.8 Å². The fourth-order valence-corrected chi connectivity index (χ4v) is 8.41. The monoisotopic (exact) mass is 817 g/mol. The van der Waals surface area contributed by atoms with Crippen molar-refractivity contribution in [1.29, 1.82) is 0 Å². The van der Waals surface area contributed by atoms with Gasteiger partial charge in [0.05, 0.1) is 38.7 Å². The van der Waals surface area contributed by atoms with Crippen molar-refractivity contribution in [2.45, 2.75) is 90.4 Å². The molecule has 60 heavy (non-hydrogen) atoms. The number of nitrogens with one attached hydrogen (secondary N) is 3. The van der Waals surface area contributed by atoms with Crippen molar-refractivity contribution < 1.29 is 9.47 Å². The van der Waals surface area contributed by atoms with Crippen LogP contribution in [0.25, 0.3) is 11.3 Å². The third kappa shape index (κ3) is 8.48. The molecule has 318 valence electrons. The summed E-state index contributed by atoms with van der Waals surface area (Å²) in [5, 5.41) is 19.9. The molecular formula is C44H60N14O2. The Morgan fingerprint density at radius 2 is 1.22 bits per heavy atom. The molecule has 0 radical (unpaired) electrons. The predicted molar refractivity (Wildman–Crippen MR) is 237 cm³/mol. The van der Waals surface area contributed by atoms with Gasteiger partial charge in [-0.2, -0.15) is 39.2 Å². The Kier molecular flexibility index (Phi) is 11.9. The van der Waals surface area contributed by atoms with Crippen molar-refractivity contribution in [3.8, 4) is 11.5 Å². The molecule has 5 N–H and O–H groups in total. The highest BCUT2D eigenvalue weighted by molar-refractivity contribution is 5.58. The summed E-state index contributed by atoms with van der Waals surface area (Å²) in [4.78, 5) is 24.0. The molecule has 0 saturated carbocycles. The molecule has 3 saturated heterocycles. The van der Waals surface area contributed by atoms with Crippen LogP contribution in [0.15, 0.2) is 60.9 Å². The average Bonchev–Trinajstić information content (AvgIpc) is 4.10. The van der Waals surface area contributed by atoms with Gasteiger partial charge in [0.1, 0.15) is 11.5 Å². The standard InChI is InChI=1S/C23H31N7O.C21H29N7O/c1-14(2)19-11-25-30-21(19)27-22(29-12-17-8-9-24-20(17)13-29)28-23(30)26-15(3)16-6-5-7-18(10-16)31-4;1-13(2)18-11-23-28-19(18)25-20(27-9-8-16(22)12-27)26-21(28)24-14(3)15-6-5-7-17(10-15)29-4/h5-7,10-11,14-15,17,20,24H,8-9,12-13H2,1-4H3,(H,26,27,28);5-7,10-11,13-14,16H,8-9,12,22H2,1-4H3,(H,24,25,26)/t15-,17?,20?;14-,16?/m00/s1. The molecule has 16 nitrogen and oxygen atoms in total. The van der Waals surface area contributed by atoms with Crippen molar-refractivity contribution in [1.82, 2.24) is 44.5 Å². The van der Waals surface area contributed by atoms with E-state index in [1.54, 1.807) is 18.7 Å². The van der Waals surface area contributed by atoms with Crippen LogP contribution in [0.3, 0.4) is 0 Å². The SMILES string of the molecule is COc1cccc([C@H](C)Nc2nc(N3CC4CCNC4C3)nc3c(C(C)C)cnn23)c1.COc1cccc([C@H](C)Nc2nc(N3CCC(N)C3)nc3c(C(C)C)cnn23)c1. The van der Waals surface area contributed by atoms with Crippen LogP contribution in [0, 0.1) is 5.92 Å². The molecule has 16 heteroatoms. The first-order chi connectivity index (χ1) is 29.0. The van der Waals surface area contributed by atoms with Crippen LogP contribution in [0.5, 0.6) is 11.5 Å². The zero-order chi connectivity index (χ0) is 42.1. The minimum atomic E-state index is 0.0172. The highest BCUT2D eigenvalue weighted by Crippen LogP contribution is 2.32. The number of anilines is 4. The van der Waals surface area contributed by atoms with E-state index >= 15 is 0 Å². The molecule has 3 fully saturated rings. The van der Waals surface area contributed by atoms with Crippen LogP contribution >= 0.6 is 0 Å². The van der Waals surface area contributed by atoms with Crippen molar-refractivity contribution in [3.63, 3.8) is 0 Å². The number of fused-ring (bicyclic) bond motifs is 3. The summed E-state index contributed by atoms with van der Waals surface area (Å²) in [6.45, 7) is 17.6. The van der Waals surface area contributed by atoms with Crippen LogP contribution in [0.1, 0.15) is 101 Å². The first kappa shape index (κ1) is 41.0. The lowest BCUT2D eigenvalue weighted by molar-refractivity contribution is 0.414. The largest absolute Gasteiger partial charge is 0.497 e. The molecule has 0 bridgehead atoms. The maximum atomic E-state index is 6.11. The third-order valence-electron chi connectivity index (χ3n) is 12.0. The van der Waals surface area contributed by atoms with Gasteiger partial charge in [-0.05, 0) is 86.4 Å². The fourth-order valence-electron chi connectivity index (χ4n) is 8.41. The first-order valence-electron chi connectivity index (χ1n) is 21.3. The summed E-state index contributed by atoms with van der Waals surface area (Å²) in [5.41, 5.74) is 12.3. The molecule has 4 aromatic heterocycles. The molecule has 0 aliphatic carbocycles. The van der Waals surface area contributed by atoms with Crippen molar-refractivity contribution in [2.24, 2.45) is 11.7 Å². The molecular weight excluding hydrogens is 757 g/mol. The molecule has 0 spiro atoms. The maximum absolute atomic E-state index is 6.11. The maximum Gasteiger partial charge on any atom is 0.230 e. The van der Waals surface area contributed by atoms with Crippen LogP contribution in [-0.2, 0) is 0 Å². The Morgan fingerprint density at radius 3 is 1.68 bits per heavy atom. The second-order valence-corrected chi connectivity index (χ2v) is 17.0. The second-order valence-electron chi connectivity index (χ2n) is 17.0. The number of hydrogen-bond donors (Lipinski definition) is 4. The van der Waals surface area contributed by atoms with Gasteiger partial charge in [-0.1, -0.05) is 52.0 Å². The molecule has 5 atom stereocenters. The molecule has 6 aromatic rings. The van der Waals surface area contributed by atoms with E-state index in [4.69, 9.17) is 35.1 Å². The second kappa shape index (κ2) is 17.5. The zero-order valence-corrected chi connectivity index (χ0v) is 36.1. The number of nitrogens with two attached hydrogens (primary N) is 1. The smallest absolute Gasteiger partial charge is 0.230 e. The Balaban J connectivity index is 0.000000167. The Hall–Kier alpha value is -5.74. The summed E-state index contributed by atoms with van der Waals surface area (Å²) in [6.07, 6.45) is 5.98. The lowest BCUT2D eigenvalue weighted by atomic mass is 10.1. The Labute approximate surface area is 352 Å². The number of hydrogen-bond acceptors (Lipinski definition) is 14. The number of aromatic nitrogens is 8. The van der Waals surface area contributed by atoms with Gasteiger partial charge in [-0.3, -0.25) is 0 Å². The van der Waals surface area contributed by atoms with Gasteiger partial charge in [0, 0.05) is 49.4 Å². The fraction of sp³-hybridized carbons (Fsp3) is 0.500. The summed E-state index contributed by atoms with van der Waals surface area (Å²) in [6, 6.07) is 16.9. The summed E-state index contributed by atoms with van der Waals surface area (Å²) in [7, 11) is 3.37. The van der Waals surface area contributed by atoms with Gasteiger partial charge >= 0.3 is 0 Å². The van der Waals surface area contributed by atoms with E-state index in [-0.39, 0.29) is 18.1 Å². The third-order valence-corrected chi connectivity index (χ3v) is 12.0. The predicted octanol–water partition coefficient (Wildman–Crippen LogP) is 6.19. The number of methoxy groups -OCH3 is 2. The molecule has 2 aromatic carbocycles. The lowest BCUT2D eigenvalue weighted by Crippen LogP contribution is -2.31. The normalized spacial score (nSPS) is 19.8. The lowest BCUT2D eigenvalue weighted by Gasteiger charge is -2.21. The van der Waals surface area contributed by atoms with Crippen molar-refractivity contribution in [3.05, 3.63) is 83.2 Å². The molecule has 9 rings (SSSR count). The van der Waals surface area contributed by atoms with Crippen molar-refractivity contribution >= 4 is 35.1 Å². The van der Waals surface area contributed by atoms with Crippen molar-refractivity contribution in [2.75, 3.05) is 67.4 Å². The van der Waals surface area contributed by atoms with Gasteiger partial charge in [-0.15, -0.1) is 0 Å². The number of nitrogens with zero attached hydrogens (tertiary/aromatic N) is 10. The van der Waals surface area contributed by atoms with E-state index < -0.39 is 0 Å². The summed E-state index contributed by atoms with van der Waals surface area (Å²) >= 11 is 0. The molecule has 3 aliphatic heterocycles. The molecule has 0 amide bonds. The minimum absolute atomic E-state index is 0.0172. The van der Waals surface area contributed by atoms with E-state index in [0.29, 0.717) is 41.6 Å². The van der Waals surface area contributed by atoms with E-state index in [2.05, 4.69) is 89.6 Å². The summed E-state index contributed by atoms with van der Waals surface area (Å²) < 4.78 is 14.4.